The first-order chi connectivity index (χ1) is 24.2. The molecule has 262 valence electrons. The highest BCUT2D eigenvalue weighted by molar-refractivity contribution is 5.84. The molecule has 0 bridgehead atoms. The van der Waals surface area contributed by atoms with Crippen molar-refractivity contribution in [2.45, 2.75) is 83.6 Å². The van der Waals surface area contributed by atoms with Crippen LogP contribution in [0.2, 0.25) is 0 Å². The van der Waals surface area contributed by atoms with Crippen molar-refractivity contribution in [3.8, 4) is 0 Å². The zero-order chi connectivity index (χ0) is 34.5. The number of anilines is 2. The molecule has 11 heteroatoms. The number of pyridine rings is 3. The molecule has 1 saturated carbocycles. The van der Waals surface area contributed by atoms with E-state index in [0.29, 0.717) is 55.8 Å². The van der Waals surface area contributed by atoms with E-state index in [0.717, 1.165) is 73.3 Å². The number of halogens is 1. The van der Waals surface area contributed by atoms with Crippen LogP contribution in [-0.4, -0.2) is 80.3 Å². The third-order valence-corrected chi connectivity index (χ3v) is 11.4. The summed E-state index contributed by atoms with van der Waals surface area (Å²) in [6.45, 7) is 8.67. The van der Waals surface area contributed by atoms with E-state index < -0.39 is 6.09 Å². The van der Waals surface area contributed by atoms with Crippen molar-refractivity contribution in [2.75, 3.05) is 42.5 Å². The van der Waals surface area contributed by atoms with Crippen molar-refractivity contribution < 1.29 is 14.3 Å². The fourth-order valence-electron chi connectivity index (χ4n) is 8.67. The molecular weight excluding hydrogens is 633 g/mol. The number of rotatable bonds is 8. The SMILES string of the molecule is Cc1ccc(N2CCC[C@H](N(Cc3ccnc(C)c3)Cc3cn(C4CC4)c4cc(N5CCC6C(CCN6C(=O)O)C5)c(F)cc4c3=O)C2)cn1. The summed E-state index contributed by atoms with van der Waals surface area (Å²) in [6.07, 6.45) is 10.6. The smallest absolute Gasteiger partial charge is 0.407 e. The molecule has 1 aliphatic carbocycles. The maximum absolute atomic E-state index is 16.1. The minimum Gasteiger partial charge on any atom is -0.465 e. The average Bonchev–Trinajstić information content (AvgIpc) is 3.87. The minimum absolute atomic E-state index is 0.0109. The molecule has 3 aliphatic heterocycles. The zero-order valence-corrected chi connectivity index (χ0v) is 29.0. The Morgan fingerprint density at radius 2 is 1.80 bits per heavy atom. The lowest BCUT2D eigenvalue weighted by Crippen LogP contribution is -2.48. The van der Waals surface area contributed by atoms with Gasteiger partial charge in [0.15, 0.2) is 5.43 Å². The third-order valence-electron chi connectivity index (χ3n) is 11.4. The lowest BCUT2D eigenvalue weighted by atomic mass is 9.92. The van der Waals surface area contributed by atoms with Gasteiger partial charge in [-0.2, -0.15) is 0 Å². The predicted octanol–water partition coefficient (Wildman–Crippen LogP) is 6.13. The van der Waals surface area contributed by atoms with Gasteiger partial charge in [-0.15, -0.1) is 0 Å². The van der Waals surface area contributed by atoms with Crippen LogP contribution < -0.4 is 15.2 Å². The van der Waals surface area contributed by atoms with Crippen molar-refractivity contribution >= 4 is 28.4 Å². The van der Waals surface area contributed by atoms with Gasteiger partial charge in [-0.1, -0.05) is 0 Å². The number of benzene rings is 1. The van der Waals surface area contributed by atoms with E-state index in [9.17, 15) is 14.7 Å². The standard InChI is InChI=1S/C39H46FN7O3/c1-25-5-6-31(19-42-25)43-13-3-4-32(24-43)45(20-27-9-12-41-26(2)16-27)22-29-23-47(30-7-8-30)36-18-37(34(40)17-33(36)38(29)48)44-14-11-35-28(21-44)10-15-46(35)39(49)50/h5-6,9,12,16-19,23,28,30,32,35H,3-4,7-8,10-11,13-15,20-22,24H2,1-2H3,(H,49,50)/t28?,32-,35?/m0/s1. The van der Waals surface area contributed by atoms with Crippen LogP contribution in [0, 0.1) is 25.6 Å². The van der Waals surface area contributed by atoms with Gasteiger partial charge >= 0.3 is 6.09 Å². The minimum atomic E-state index is -0.870. The number of fused-ring (bicyclic) bond motifs is 2. The first-order valence-corrected chi connectivity index (χ1v) is 18.2. The number of aromatic nitrogens is 3. The summed E-state index contributed by atoms with van der Waals surface area (Å²) >= 11 is 0. The topological polar surface area (TPSA) is 98.0 Å². The van der Waals surface area contributed by atoms with E-state index in [-0.39, 0.29) is 35.3 Å². The zero-order valence-electron chi connectivity index (χ0n) is 29.0. The van der Waals surface area contributed by atoms with Gasteiger partial charge in [-0.25, -0.2) is 9.18 Å². The molecule has 50 heavy (non-hydrogen) atoms. The molecule has 1 amide bonds. The molecule has 2 unspecified atom stereocenters. The molecule has 4 aliphatic rings. The highest BCUT2D eigenvalue weighted by atomic mass is 19.1. The van der Waals surface area contributed by atoms with Gasteiger partial charge in [-0.05, 0) is 100 Å². The normalized spacial score (nSPS) is 22.4. The van der Waals surface area contributed by atoms with Crippen LogP contribution in [-0.2, 0) is 13.1 Å². The van der Waals surface area contributed by atoms with Crippen LogP contribution in [0.1, 0.15) is 67.1 Å². The molecule has 4 aromatic rings. The Bertz CT molecular complexity index is 1960. The fraction of sp³-hybridized carbons (Fsp3) is 0.487. The molecule has 8 rings (SSSR count). The molecule has 3 aromatic heterocycles. The quantitative estimate of drug-likeness (QED) is 0.238. The van der Waals surface area contributed by atoms with E-state index in [1.54, 1.807) is 4.90 Å². The van der Waals surface area contributed by atoms with Crippen molar-refractivity contribution in [1.82, 2.24) is 24.3 Å². The van der Waals surface area contributed by atoms with Crippen LogP contribution in [0.5, 0.6) is 0 Å². The summed E-state index contributed by atoms with van der Waals surface area (Å²) < 4.78 is 18.3. The van der Waals surface area contributed by atoms with Crippen LogP contribution in [0.15, 0.2) is 59.8 Å². The molecule has 0 spiro atoms. The highest BCUT2D eigenvalue weighted by Gasteiger charge is 2.41. The van der Waals surface area contributed by atoms with Crippen LogP contribution in [0.3, 0.4) is 0 Å². The van der Waals surface area contributed by atoms with Crippen LogP contribution in [0.4, 0.5) is 20.6 Å². The second-order valence-corrected chi connectivity index (χ2v) is 14.9. The number of piperidine rings is 2. The van der Waals surface area contributed by atoms with Crippen molar-refractivity contribution in [3.63, 3.8) is 0 Å². The predicted molar refractivity (Wildman–Crippen MR) is 192 cm³/mol. The van der Waals surface area contributed by atoms with Crippen molar-refractivity contribution in [2.24, 2.45) is 5.92 Å². The summed E-state index contributed by atoms with van der Waals surface area (Å²) in [5.41, 5.74) is 6.10. The maximum Gasteiger partial charge on any atom is 0.407 e. The molecule has 4 fully saturated rings. The first kappa shape index (κ1) is 32.7. The van der Waals surface area contributed by atoms with Crippen LogP contribution in [0.25, 0.3) is 10.9 Å². The molecule has 1 N–H and O–H groups in total. The number of carbonyl (C=O) groups is 1. The molecule has 6 heterocycles. The Kier molecular flexibility index (Phi) is 8.70. The maximum atomic E-state index is 16.1. The molecule has 0 radical (unpaired) electrons. The molecule has 10 nitrogen and oxygen atoms in total. The van der Waals surface area contributed by atoms with E-state index in [4.69, 9.17) is 0 Å². The molecule has 3 atom stereocenters. The van der Waals surface area contributed by atoms with Crippen molar-refractivity contribution in [3.05, 3.63) is 93.5 Å². The van der Waals surface area contributed by atoms with E-state index >= 15 is 4.39 Å². The molecule has 3 saturated heterocycles. The van der Waals surface area contributed by atoms with Gasteiger partial charge in [-0.3, -0.25) is 19.7 Å². The summed E-state index contributed by atoms with van der Waals surface area (Å²) in [4.78, 5) is 43.5. The van der Waals surface area contributed by atoms with Gasteiger partial charge in [0, 0.05) is 98.7 Å². The Hall–Kier alpha value is -4.51. The fourth-order valence-corrected chi connectivity index (χ4v) is 8.67. The highest BCUT2D eigenvalue weighted by Crippen LogP contribution is 2.40. The lowest BCUT2D eigenvalue weighted by molar-refractivity contribution is 0.129. The molecular formula is C39H46FN7O3. The van der Waals surface area contributed by atoms with Gasteiger partial charge in [0.2, 0.25) is 0 Å². The van der Waals surface area contributed by atoms with Gasteiger partial charge in [0.05, 0.1) is 23.1 Å². The third kappa shape index (κ3) is 6.43. The largest absolute Gasteiger partial charge is 0.465 e. The number of aryl methyl sites for hydroxylation is 2. The summed E-state index contributed by atoms with van der Waals surface area (Å²) in [7, 11) is 0. The summed E-state index contributed by atoms with van der Waals surface area (Å²) in [6, 6.07) is 12.2. The lowest BCUT2D eigenvalue weighted by Gasteiger charge is -2.40. The van der Waals surface area contributed by atoms with Crippen LogP contribution >= 0.6 is 0 Å². The second kappa shape index (κ2) is 13.3. The first-order valence-electron chi connectivity index (χ1n) is 18.2. The summed E-state index contributed by atoms with van der Waals surface area (Å²) in [5, 5.41) is 10.1. The van der Waals surface area contributed by atoms with Gasteiger partial charge in [0.1, 0.15) is 5.82 Å². The number of hydrogen-bond donors (Lipinski definition) is 1. The second-order valence-electron chi connectivity index (χ2n) is 14.9. The Morgan fingerprint density at radius 1 is 0.940 bits per heavy atom. The Morgan fingerprint density at radius 3 is 2.56 bits per heavy atom. The van der Waals surface area contributed by atoms with Gasteiger partial charge in [0.25, 0.3) is 0 Å². The van der Waals surface area contributed by atoms with E-state index in [1.165, 1.54) is 6.07 Å². The van der Waals surface area contributed by atoms with E-state index in [2.05, 4.69) is 53.5 Å². The molecule has 1 aromatic carbocycles. The number of amides is 1. The number of hydrogen-bond acceptors (Lipinski definition) is 7. The Balaban J connectivity index is 1.12. The monoisotopic (exact) mass is 679 g/mol. The van der Waals surface area contributed by atoms with Gasteiger partial charge < -0.3 is 24.4 Å². The Labute approximate surface area is 292 Å². The number of nitrogens with zero attached hydrogens (tertiary/aromatic N) is 7. The average molecular weight is 680 g/mol. The number of carboxylic acid groups (broad SMARTS) is 1. The number of likely N-dealkylation sites (tertiary alicyclic amines) is 1. The van der Waals surface area contributed by atoms with E-state index in [1.807, 2.05) is 38.5 Å². The summed E-state index contributed by atoms with van der Waals surface area (Å²) in [5.74, 6) is -0.213. The van der Waals surface area contributed by atoms with Crippen molar-refractivity contribution in [1.29, 1.82) is 0 Å².